The van der Waals surface area contributed by atoms with E-state index >= 15 is 0 Å². The van der Waals surface area contributed by atoms with Gasteiger partial charge in [-0.1, -0.05) is 34.5 Å². The van der Waals surface area contributed by atoms with Crippen LogP contribution in [0.3, 0.4) is 0 Å². The van der Waals surface area contributed by atoms with Crippen molar-refractivity contribution in [3.63, 3.8) is 0 Å². The van der Waals surface area contributed by atoms with Crippen LogP contribution in [0.25, 0.3) is 10.2 Å². The number of anilines is 1. The SMILES string of the molecule is COc1ccc(OC)c2sc(NC(=O)c3cc(Cl)sc3Cl)nc12. The molecule has 1 aromatic carbocycles. The zero-order valence-electron chi connectivity index (χ0n) is 12.0. The average molecular weight is 389 g/mol. The molecule has 0 saturated carbocycles. The first-order valence-electron chi connectivity index (χ1n) is 6.31. The lowest BCUT2D eigenvalue weighted by atomic mass is 10.3. The number of thiophene rings is 1. The molecule has 0 bridgehead atoms. The summed E-state index contributed by atoms with van der Waals surface area (Å²) in [5, 5.41) is 3.15. The number of methoxy groups -OCH3 is 2. The van der Waals surface area contributed by atoms with Crippen molar-refractivity contribution in [2.45, 2.75) is 0 Å². The van der Waals surface area contributed by atoms with Crippen molar-refractivity contribution in [1.29, 1.82) is 0 Å². The third kappa shape index (κ3) is 3.10. The second-order valence-corrected chi connectivity index (χ2v) is 7.64. The number of aromatic nitrogens is 1. The Bertz CT molecular complexity index is 851. The predicted octanol–water partition coefficient (Wildman–Crippen LogP) is 4.93. The van der Waals surface area contributed by atoms with Crippen LogP contribution in [-0.4, -0.2) is 25.1 Å². The largest absolute Gasteiger partial charge is 0.495 e. The number of halogens is 2. The molecule has 0 aliphatic rings. The third-order valence-corrected chi connectivity index (χ3v) is 5.50. The molecule has 0 radical (unpaired) electrons. The van der Waals surface area contributed by atoms with Gasteiger partial charge in [0.25, 0.3) is 5.91 Å². The fourth-order valence-corrected chi connectivity index (χ4v) is 4.43. The van der Waals surface area contributed by atoms with Crippen LogP contribution in [0.4, 0.5) is 5.13 Å². The number of nitrogens with one attached hydrogen (secondary N) is 1. The number of carbonyl (C=O) groups is 1. The maximum atomic E-state index is 12.3. The molecular weight excluding hydrogens is 379 g/mol. The van der Waals surface area contributed by atoms with E-state index in [2.05, 4.69) is 10.3 Å². The van der Waals surface area contributed by atoms with Crippen LogP contribution in [0.1, 0.15) is 10.4 Å². The summed E-state index contributed by atoms with van der Waals surface area (Å²) in [5.41, 5.74) is 0.946. The van der Waals surface area contributed by atoms with Gasteiger partial charge in [-0.05, 0) is 18.2 Å². The van der Waals surface area contributed by atoms with Crippen LogP contribution in [-0.2, 0) is 0 Å². The molecule has 5 nitrogen and oxygen atoms in total. The molecule has 0 unspecified atom stereocenters. The fraction of sp³-hybridized carbons (Fsp3) is 0.143. The standard InChI is InChI=1S/C14H10Cl2N2O3S2/c1-20-7-3-4-8(21-2)11-10(7)17-14(23-11)18-13(19)6-5-9(15)22-12(6)16/h3-5H,1-2H3,(H,17,18,19). The van der Waals surface area contributed by atoms with Gasteiger partial charge in [0.1, 0.15) is 26.1 Å². The minimum absolute atomic E-state index is 0.319. The second-order valence-electron chi connectivity index (χ2n) is 4.36. The number of benzene rings is 1. The molecule has 3 rings (SSSR count). The highest BCUT2D eigenvalue weighted by Crippen LogP contribution is 2.39. The van der Waals surface area contributed by atoms with Crippen LogP contribution >= 0.6 is 45.9 Å². The van der Waals surface area contributed by atoms with E-state index in [-0.39, 0.29) is 5.91 Å². The first kappa shape index (κ1) is 16.3. The molecule has 1 amide bonds. The summed E-state index contributed by atoms with van der Waals surface area (Å²) < 4.78 is 12.2. The van der Waals surface area contributed by atoms with E-state index in [4.69, 9.17) is 32.7 Å². The van der Waals surface area contributed by atoms with Crippen LogP contribution in [0.5, 0.6) is 11.5 Å². The Hall–Kier alpha value is -1.54. The Morgan fingerprint density at radius 1 is 1.17 bits per heavy atom. The van der Waals surface area contributed by atoms with Crippen molar-refractivity contribution >= 4 is 67.1 Å². The highest BCUT2D eigenvalue weighted by Gasteiger charge is 2.18. The third-order valence-electron chi connectivity index (χ3n) is 3.03. The maximum Gasteiger partial charge on any atom is 0.259 e. The lowest BCUT2D eigenvalue weighted by Gasteiger charge is -2.03. The topological polar surface area (TPSA) is 60.5 Å². The summed E-state index contributed by atoms with van der Waals surface area (Å²) in [6.45, 7) is 0. The molecule has 120 valence electrons. The molecule has 0 fully saturated rings. The lowest BCUT2D eigenvalue weighted by Crippen LogP contribution is -2.10. The lowest BCUT2D eigenvalue weighted by molar-refractivity contribution is 0.102. The van der Waals surface area contributed by atoms with E-state index in [0.29, 0.717) is 36.4 Å². The van der Waals surface area contributed by atoms with Gasteiger partial charge in [-0.15, -0.1) is 11.3 Å². The molecule has 0 spiro atoms. The Morgan fingerprint density at radius 2 is 1.87 bits per heavy atom. The molecule has 0 aliphatic heterocycles. The molecule has 23 heavy (non-hydrogen) atoms. The van der Waals surface area contributed by atoms with Crippen molar-refractivity contribution < 1.29 is 14.3 Å². The van der Waals surface area contributed by atoms with Gasteiger partial charge >= 0.3 is 0 Å². The first-order chi connectivity index (χ1) is 11.0. The van der Waals surface area contributed by atoms with E-state index in [1.165, 1.54) is 17.4 Å². The Kier molecular flexibility index (Phi) is 4.63. The highest BCUT2D eigenvalue weighted by molar-refractivity contribution is 7.23. The quantitative estimate of drug-likeness (QED) is 0.687. The van der Waals surface area contributed by atoms with E-state index in [1.807, 2.05) is 0 Å². The smallest absolute Gasteiger partial charge is 0.259 e. The molecule has 3 aromatic rings. The summed E-state index contributed by atoms with van der Waals surface area (Å²) in [7, 11) is 3.14. The molecule has 0 aliphatic carbocycles. The van der Waals surface area contributed by atoms with Gasteiger partial charge in [-0.25, -0.2) is 4.98 Å². The molecule has 0 saturated heterocycles. The van der Waals surface area contributed by atoms with Crippen molar-refractivity contribution in [3.05, 3.63) is 32.4 Å². The van der Waals surface area contributed by atoms with Gasteiger partial charge < -0.3 is 9.47 Å². The number of ether oxygens (including phenoxy) is 2. The van der Waals surface area contributed by atoms with Gasteiger partial charge in [0.15, 0.2) is 5.13 Å². The zero-order valence-corrected chi connectivity index (χ0v) is 15.1. The Balaban J connectivity index is 1.97. The summed E-state index contributed by atoms with van der Waals surface area (Å²) >= 11 is 14.3. The van der Waals surface area contributed by atoms with E-state index < -0.39 is 0 Å². The van der Waals surface area contributed by atoms with Crippen molar-refractivity contribution in [2.24, 2.45) is 0 Å². The minimum Gasteiger partial charge on any atom is -0.495 e. The molecule has 1 N–H and O–H groups in total. The maximum absolute atomic E-state index is 12.3. The average Bonchev–Trinajstić information content (AvgIpc) is 3.08. The monoisotopic (exact) mass is 388 g/mol. The molecule has 9 heteroatoms. The zero-order chi connectivity index (χ0) is 16.6. The molecule has 2 heterocycles. The first-order valence-corrected chi connectivity index (χ1v) is 8.70. The van der Waals surface area contributed by atoms with Crippen molar-refractivity contribution in [1.82, 2.24) is 4.98 Å². The number of nitrogens with zero attached hydrogens (tertiary/aromatic N) is 1. The van der Waals surface area contributed by atoms with Gasteiger partial charge in [0.2, 0.25) is 0 Å². The van der Waals surface area contributed by atoms with E-state index in [1.54, 1.807) is 26.4 Å². The highest BCUT2D eigenvalue weighted by atomic mass is 35.5. The van der Waals surface area contributed by atoms with E-state index in [9.17, 15) is 4.79 Å². The van der Waals surface area contributed by atoms with Gasteiger partial charge in [-0.2, -0.15) is 0 Å². The number of rotatable bonds is 4. The van der Waals surface area contributed by atoms with Crippen LogP contribution in [0, 0.1) is 0 Å². The second kappa shape index (κ2) is 6.52. The predicted molar refractivity (Wildman–Crippen MR) is 95.0 cm³/mol. The fourth-order valence-electron chi connectivity index (χ4n) is 2.00. The number of hydrogen-bond donors (Lipinski definition) is 1. The van der Waals surface area contributed by atoms with Crippen LogP contribution in [0.15, 0.2) is 18.2 Å². The molecule has 2 aromatic heterocycles. The van der Waals surface area contributed by atoms with Gasteiger partial charge in [-0.3, -0.25) is 10.1 Å². The Morgan fingerprint density at radius 3 is 2.48 bits per heavy atom. The normalized spacial score (nSPS) is 10.8. The van der Waals surface area contributed by atoms with Crippen LogP contribution in [0.2, 0.25) is 8.67 Å². The van der Waals surface area contributed by atoms with Crippen LogP contribution < -0.4 is 14.8 Å². The number of hydrogen-bond acceptors (Lipinski definition) is 6. The number of carbonyl (C=O) groups excluding carboxylic acids is 1. The summed E-state index contributed by atoms with van der Waals surface area (Å²) in [6, 6.07) is 5.08. The summed E-state index contributed by atoms with van der Waals surface area (Å²) in [5.74, 6) is 0.903. The Labute approximate surface area is 149 Å². The van der Waals surface area contributed by atoms with Gasteiger partial charge in [0, 0.05) is 0 Å². The molecular formula is C14H10Cl2N2O3S2. The number of amides is 1. The number of fused-ring (bicyclic) bond motifs is 1. The number of thiazole rings is 1. The summed E-state index contributed by atoms with van der Waals surface area (Å²) in [6.07, 6.45) is 0. The molecule has 0 atom stereocenters. The summed E-state index contributed by atoms with van der Waals surface area (Å²) in [4.78, 5) is 16.7. The van der Waals surface area contributed by atoms with Crippen molar-refractivity contribution in [2.75, 3.05) is 19.5 Å². The van der Waals surface area contributed by atoms with Crippen molar-refractivity contribution in [3.8, 4) is 11.5 Å². The minimum atomic E-state index is -0.366. The van der Waals surface area contributed by atoms with E-state index in [0.717, 1.165) is 16.0 Å². The van der Waals surface area contributed by atoms with Gasteiger partial charge in [0.05, 0.1) is 24.1 Å².